The number of nitrogens with one attached hydrogen (secondary N) is 3. The first-order valence-electron chi connectivity index (χ1n) is 14.1. The van der Waals surface area contributed by atoms with Crippen LogP contribution in [-0.4, -0.2) is 102 Å². The number of hydrogen-bond donors (Lipinski definition) is 3. The topological polar surface area (TPSA) is 145 Å². The van der Waals surface area contributed by atoms with Gasteiger partial charge >= 0.3 is 18.3 Å². The smallest absolute Gasteiger partial charge is 0.356 e. The second-order valence-electron chi connectivity index (χ2n) is 13.5. The molecule has 0 aromatic heterocycles. The van der Waals surface area contributed by atoms with Gasteiger partial charge in [0.15, 0.2) is 0 Å². The van der Waals surface area contributed by atoms with E-state index in [2.05, 4.69) is 10.6 Å². The maximum atomic E-state index is 13.8. The fraction of sp³-hybridized carbons (Fsp3) is 0.778. The Kier molecular flexibility index (Phi) is 9.71. The van der Waals surface area contributed by atoms with Crippen molar-refractivity contribution in [1.29, 1.82) is 0 Å². The summed E-state index contributed by atoms with van der Waals surface area (Å²) in [4.78, 5) is 78.8. The molecular weight excluding hydrogens is 604 g/mol. The van der Waals surface area contributed by atoms with Crippen LogP contribution in [-0.2, 0) is 28.8 Å². The normalized spacial score (nSPS) is 25.1. The number of ketones is 1. The van der Waals surface area contributed by atoms with Crippen molar-refractivity contribution in [1.82, 2.24) is 25.8 Å². The number of halogens is 6. The van der Waals surface area contributed by atoms with E-state index in [4.69, 9.17) is 0 Å². The van der Waals surface area contributed by atoms with Crippen molar-refractivity contribution in [2.24, 2.45) is 22.7 Å². The fourth-order valence-corrected chi connectivity index (χ4v) is 5.68. The van der Waals surface area contributed by atoms with Crippen LogP contribution in [0, 0.1) is 22.7 Å². The van der Waals surface area contributed by atoms with Crippen molar-refractivity contribution in [2.75, 3.05) is 26.2 Å². The zero-order valence-electron chi connectivity index (χ0n) is 24.9. The van der Waals surface area contributed by atoms with Gasteiger partial charge in [-0.15, -0.1) is 0 Å². The Morgan fingerprint density at radius 2 is 1.59 bits per heavy atom. The molecule has 0 bridgehead atoms. The molecule has 17 heteroatoms. The summed E-state index contributed by atoms with van der Waals surface area (Å²) in [5.41, 5.74) is -1.69. The standard InChI is InChI=1S/C27H37F6N5O6/c1-24(2,3)18(36-23(44)27(31,32)33)22(43)38-10-14(26(28,29)30)9-16(38)20(41)35-15(8-13-6-7-34-19(13)40)17(39)21(42)37-11-25(4,5)12-37/h13-16,18H,6-12H2,1-5H3,(H,34,40)(H,35,41)(H,36,44)/t13-,14+,15-,16-,18+/m0/s1. The van der Waals surface area contributed by atoms with Crippen LogP contribution in [0.25, 0.3) is 0 Å². The average Bonchev–Trinajstić information content (AvgIpc) is 3.49. The first-order chi connectivity index (χ1) is 19.9. The number of amides is 5. The van der Waals surface area contributed by atoms with Crippen LogP contribution in [0.1, 0.15) is 53.9 Å². The third kappa shape index (κ3) is 8.00. The van der Waals surface area contributed by atoms with Crippen LogP contribution < -0.4 is 16.0 Å². The highest BCUT2D eigenvalue weighted by atomic mass is 19.4. The minimum Gasteiger partial charge on any atom is -0.356 e. The van der Waals surface area contributed by atoms with Gasteiger partial charge in [0.05, 0.1) is 12.0 Å². The number of carbonyl (C=O) groups is 6. The lowest BCUT2D eigenvalue weighted by Gasteiger charge is -2.45. The third-order valence-electron chi connectivity index (χ3n) is 8.05. The first kappa shape index (κ1) is 35.1. The van der Waals surface area contributed by atoms with E-state index in [1.165, 1.54) is 31.0 Å². The van der Waals surface area contributed by atoms with E-state index in [0.717, 1.165) is 0 Å². The van der Waals surface area contributed by atoms with Gasteiger partial charge in [-0.25, -0.2) is 0 Å². The molecule has 11 nitrogen and oxygen atoms in total. The summed E-state index contributed by atoms with van der Waals surface area (Å²) in [5.74, 6) is -10.7. The molecule has 3 rings (SSSR count). The molecule has 3 aliphatic rings. The van der Waals surface area contributed by atoms with Gasteiger partial charge in [0.2, 0.25) is 23.5 Å². The fourth-order valence-electron chi connectivity index (χ4n) is 5.68. The maximum absolute atomic E-state index is 13.8. The van der Waals surface area contributed by atoms with Crippen molar-refractivity contribution >= 4 is 35.3 Å². The van der Waals surface area contributed by atoms with Crippen molar-refractivity contribution in [3.63, 3.8) is 0 Å². The lowest BCUT2D eigenvalue weighted by molar-refractivity contribution is -0.176. The molecule has 3 fully saturated rings. The second kappa shape index (κ2) is 12.2. The Balaban J connectivity index is 1.91. The largest absolute Gasteiger partial charge is 0.471 e. The van der Waals surface area contributed by atoms with Crippen molar-refractivity contribution in [3.8, 4) is 0 Å². The summed E-state index contributed by atoms with van der Waals surface area (Å²) in [6, 6.07) is -5.51. The van der Waals surface area contributed by atoms with Gasteiger partial charge in [0.25, 0.3) is 5.91 Å². The zero-order valence-corrected chi connectivity index (χ0v) is 24.9. The van der Waals surface area contributed by atoms with Gasteiger partial charge in [-0.05, 0) is 30.1 Å². The molecule has 0 radical (unpaired) electrons. The summed E-state index contributed by atoms with van der Waals surface area (Å²) in [7, 11) is 0. The maximum Gasteiger partial charge on any atom is 0.471 e. The SMILES string of the molecule is CC1(C)CN(C(=O)C(=O)[C@H](C[C@@H]2CCNC2=O)NC(=O)[C@@H]2C[C@@H](C(F)(F)F)CN2C(=O)[C@@H](NC(=O)C(F)(F)F)C(C)(C)C)C1. The molecule has 5 atom stereocenters. The molecule has 248 valence electrons. The van der Waals surface area contributed by atoms with E-state index in [1.807, 2.05) is 13.8 Å². The van der Waals surface area contributed by atoms with E-state index in [0.29, 0.717) is 4.90 Å². The molecular formula is C27H37F6N5O6. The predicted molar refractivity (Wildman–Crippen MR) is 140 cm³/mol. The van der Waals surface area contributed by atoms with Crippen LogP contribution in [0.3, 0.4) is 0 Å². The molecule has 0 aliphatic carbocycles. The minimum atomic E-state index is -5.40. The number of hydrogen-bond acceptors (Lipinski definition) is 6. The van der Waals surface area contributed by atoms with Gasteiger partial charge in [0.1, 0.15) is 12.1 Å². The van der Waals surface area contributed by atoms with E-state index >= 15 is 0 Å². The van der Waals surface area contributed by atoms with Crippen molar-refractivity contribution in [2.45, 2.75) is 84.4 Å². The molecule has 3 heterocycles. The van der Waals surface area contributed by atoms with Gasteiger partial charge in [0, 0.05) is 32.1 Å². The van der Waals surface area contributed by atoms with Crippen molar-refractivity contribution < 1.29 is 55.1 Å². The van der Waals surface area contributed by atoms with Crippen molar-refractivity contribution in [3.05, 3.63) is 0 Å². The van der Waals surface area contributed by atoms with Crippen LogP contribution in [0.4, 0.5) is 26.3 Å². The van der Waals surface area contributed by atoms with Gasteiger partial charge < -0.3 is 25.8 Å². The van der Waals surface area contributed by atoms with Crippen LogP contribution in [0.5, 0.6) is 0 Å². The first-order valence-corrected chi connectivity index (χ1v) is 14.1. The number of carbonyl (C=O) groups excluding carboxylic acids is 6. The van der Waals surface area contributed by atoms with Gasteiger partial charge in [-0.1, -0.05) is 34.6 Å². The number of nitrogens with zero attached hydrogens (tertiary/aromatic N) is 2. The second-order valence-corrected chi connectivity index (χ2v) is 13.5. The quantitative estimate of drug-likeness (QED) is 0.269. The molecule has 0 unspecified atom stereocenters. The Morgan fingerprint density at radius 3 is 2.05 bits per heavy atom. The average molecular weight is 642 g/mol. The van der Waals surface area contributed by atoms with Crippen LogP contribution in [0.15, 0.2) is 0 Å². The summed E-state index contributed by atoms with van der Waals surface area (Å²) in [6.07, 6.45) is -11.4. The predicted octanol–water partition coefficient (Wildman–Crippen LogP) is 1.31. The number of rotatable bonds is 8. The Hall–Kier alpha value is -3.40. The molecule has 3 saturated heterocycles. The monoisotopic (exact) mass is 641 g/mol. The summed E-state index contributed by atoms with van der Waals surface area (Å²) in [6.45, 7) is 7.19. The number of likely N-dealkylation sites (tertiary alicyclic amines) is 2. The molecule has 0 aromatic carbocycles. The third-order valence-corrected chi connectivity index (χ3v) is 8.05. The van der Waals surface area contributed by atoms with E-state index in [-0.39, 0.29) is 37.9 Å². The van der Waals surface area contributed by atoms with E-state index in [9.17, 15) is 55.1 Å². The Morgan fingerprint density at radius 1 is 1.00 bits per heavy atom. The summed E-state index contributed by atoms with van der Waals surface area (Å²) < 4.78 is 80.5. The lowest BCUT2D eigenvalue weighted by Crippen LogP contribution is -2.61. The van der Waals surface area contributed by atoms with E-state index < -0.39 is 96.0 Å². The van der Waals surface area contributed by atoms with Crippen LogP contribution >= 0.6 is 0 Å². The van der Waals surface area contributed by atoms with Gasteiger partial charge in [-0.3, -0.25) is 28.8 Å². The highest BCUT2D eigenvalue weighted by Crippen LogP contribution is 2.38. The van der Waals surface area contributed by atoms with E-state index in [1.54, 1.807) is 0 Å². The summed E-state index contributed by atoms with van der Waals surface area (Å²) >= 11 is 0. The molecule has 0 spiro atoms. The molecule has 0 aromatic rings. The molecule has 5 amide bonds. The van der Waals surface area contributed by atoms with Crippen LogP contribution in [0.2, 0.25) is 0 Å². The molecule has 44 heavy (non-hydrogen) atoms. The van der Waals surface area contributed by atoms with Gasteiger partial charge in [-0.2, -0.15) is 26.3 Å². The highest BCUT2D eigenvalue weighted by molar-refractivity contribution is 6.38. The zero-order chi connectivity index (χ0) is 33.6. The number of Topliss-reactive ketones (excluding diaryl/α,β-unsaturated/α-hetero) is 1. The summed E-state index contributed by atoms with van der Waals surface area (Å²) in [5, 5.41) is 6.35. The lowest BCUT2D eigenvalue weighted by atomic mass is 9.83. The molecule has 3 N–H and O–H groups in total. The molecule has 0 saturated carbocycles. The number of alkyl halides is 6. The highest BCUT2D eigenvalue weighted by Gasteiger charge is 2.54. The Bertz CT molecular complexity index is 1190. The Labute approximate surface area is 249 Å². The minimum absolute atomic E-state index is 0.234. The molecule has 3 aliphatic heterocycles.